The molecular weight excluding hydrogens is 380 g/mol. The van der Waals surface area contributed by atoms with E-state index in [9.17, 15) is 17.2 Å². The molecule has 0 unspecified atom stereocenters. The second kappa shape index (κ2) is 7.53. The smallest absolute Gasteiger partial charge is 0.214 e. The van der Waals surface area contributed by atoms with Gasteiger partial charge in [-0.3, -0.25) is 0 Å². The predicted molar refractivity (Wildman–Crippen MR) is 95.0 cm³/mol. The van der Waals surface area contributed by atoms with E-state index in [2.05, 4.69) is 4.98 Å². The van der Waals surface area contributed by atoms with Crippen LogP contribution in [0.25, 0.3) is 11.4 Å². The maximum Gasteiger partial charge on any atom is 0.214 e. The van der Waals surface area contributed by atoms with Crippen LogP contribution < -0.4 is 4.74 Å². The first kappa shape index (κ1) is 19.7. The number of ether oxygens (including phenoxy) is 2. The maximum absolute atomic E-state index is 14.7. The van der Waals surface area contributed by atoms with Gasteiger partial charge in [-0.05, 0) is 12.1 Å². The molecule has 0 bridgehead atoms. The Morgan fingerprint density at radius 3 is 2.74 bits per heavy atom. The first-order chi connectivity index (χ1) is 12.8. The molecule has 1 fully saturated rings. The number of halogens is 2. The molecule has 2 aromatic rings. The minimum Gasteiger partial charge on any atom is -0.491 e. The molecule has 2 heterocycles. The summed E-state index contributed by atoms with van der Waals surface area (Å²) in [5.41, 5.74) is 0.0689. The van der Waals surface area contributed by atoms with Gasteiger partial charge in [-0.2, -0.15) is 0 Å². The van der Waals surface area contributed by atoms with Gasteiger partial charge >= 0.3 is 0 Å². The highest BCUT2D eigenvalue weighted by atomic mass is 32.2. The first-order valence-corrected chi connectivity index (χ1v) is 9.90. The summed E-state index contributed by atoms with van der Waals surface area (Å²) in [5.74, 6) is -2.32. The molecule has 1 saturated heterocycles. The molecule has 10 heteroatoms. The third-order valence-electron chi connectivity index (χ3n) is 4.67. The van der Waals surface area contributed by atoms with Crippen LogP contribution in [0.3, 0.4) is 0 Å². The van der Waals surface area contributed by atoms with Crippen LogP contribution in [0.1, 0.15) is 6.04 Å². The summed E-state index contributed by atoms with van der Waals surface area (Å²) in [4.78, 5) is 4.19. The second-order valence-electron chi connectivity index (χ2n) is 6.53. The Labute approximate surface area is 156 Å². The highest BCUT2D eigenvalue weighted by Gasteiger charge is 2.35. The molecule has 7 nitrogen and oxygen atoms in total. The molecule has 0 amide bonds. The van der Waals surface area contributed by atoms with E-state index >= 15 is 0 Å². The van der Waals surface area contributed by atoms with E-state index in [0.717, 1.165) is 6.07 Å². The fraction of sp³-hybridized carbons (Fsp3) is 0.471. The number of hydrogen-bond donors (Lipinski definition) is 0. The predicted octanol–water partition coefficient (Wildman–Crippen LogP) is 1.92. The maximum atomic E-state index is 14.7. The van der Waals surface area contributed by atoms with E-state index < -0.39 is 27.4 Å². The summed E-state index contributed by atoms with van der Waals surface area (Å²) in [7, 11) is 0.704. The molecule has 148 valence electrons. The third kappa shape index (κ3) is 3.69. The Kier molecular flexibility index (Phi) is 5.50. The number of methoxy groups -OCH3 is 1. The van der Waals surface area contributed by atoms with Crippen LogP contribution in [0.5, 0.6) is 5.75 Å². The van der Waals surface area contributed by atoms with E-state index in [1.165, 1.54) is 37.8 Å². The summed E-state index contributed by atoms with van der Waals surface area (Å²) >= 11 is 0. The van der Waals surface area contributed by atoms with Gasteiger partial charge in [0.15, 0.2) is 17.4 Å². The largest absolute Gasteiger partial charge is 0.491 e. The van der Waals surface area contributed by atoms with Gasteiger partial charge in [-0.15, -0.1) is 0 Å². The molecule has 27 heavy (non-hydrogen) atoms. The number of nitrogens with zero attached hydrogens (tertiary/aromatic N) is 3. The van der Waals surface area contributed by atoms with Crippen molar-refractivity contribution in [2.45, 2.75) is 6.04 Å². The van der Waals surface area contributed by atoms with Crippen molar-refractivity contribution in [3.63, 3.8) is 0 Å². The van der Waals surface area contributed by atoms with Crippen molar-refractivity contribution in [3.8, 4) is 17.1 Å². The average Bonchev–Trinajstić information content (AvgIpc) is 3.23. The van der Waals surface area contributed by atoms with Gasteiger partial charge in [0, 0.05) is 32.4 Å². The zero-order valence-electron chi connectivity index (χ0n) is 15.2. The van der Waals surface area contributed by atoms with Crippen molar-refractivity contribution >= 4 is 10.0 Å². The summed E-state index contributed by atoms with van der Waals surface area (Å²) < 4.78 is 66.1. The number of hydrogen-bond acceptors (Lipinski definition) is 5. The molecule has 1 aromatic heterocycles. The summed E-state index contributed by atoms with van der Waals surface area (Å²) in [6.07, 6.45) is 3.12. The van der Waals surface area contributed by atoms with E-state index in [-0.39, 0.29) is 42.3 Å². The van der Waals surface area contributed by atoms with Gasteiger partial charge in [-0.25, -0.2) is 26.5 Å². The van der Waals surface area contributed by atoms with Crippen LogP contribution in [0, 0.1) is 17.6 Å². The molecule has 1 aliphatic rings. The highest BCUT2D eigenvalue weighted by Crippen LogP contribution is 2.35. The van der Waals surface area contributed by atoms with Gasteiger partial charge in [0.1, 0.15) is 5.82 Å². The lowest BCUT2D eigenvalue weighted by molar-refractivity contribution is 0.182. The van der Waals surface area contributed by atoms with Gasteiger partial charge in [0.25, 0.3) is 0 Å². The lowest BCUT2D eigenvalue weighted by Gasteiger charge is -2.23. The topological polar surface area (TPSA) is 73.7 Å². The van der Waals surface area contributed by atoms with Crippen molar-refractivity contribution in [2.75, 3.05) is 40.2 Å². The van der Waals surface area contributed by atoms with Crippen LogP contribution in [-0.2, 0) is 14.8 Å². The van der Waals surface area contributed by atoms with Crippen LogP contribution in [-0.4, -0.2) is 62.4 Å². The molecule has 3 rings (SSSR count). The zero-order valence-corrected chi connectivity index (χ0v) is 16.0. The average molecular weight is 401 g/mol. The quantitative estimate of drug-likeness (QED) is 0.739. The molecule has 0 saturated carbocycles. The van der Waals surface area contributed by atoms with Crippen molar-refractivity contribution in [1.82, 2.24) is 13.9 Å². The SMILES string of the molecule is COc1c(F)ccc(-c2nccn2[C@@H]2COC[C@@H]2CS(=O)(=O)N(C)C)c1F. The van der Waals surface area contributed by atoms with Gasteiger partial charge in [-0.1, -0.05) is 0 Å². The molecule has 0 aliphatic carbocycles. The number of rotatable bonds is 6. The second-order valence-corrected chi connectivity index (χ2v) is 8.75. The third-order valence-corrected chi connectivity index (χ3v) is 6.63. The fourth-order valence-electron chi connectivity index (χ4n) is 3.16. The number of sulfonamides is 1. The van der Waals surface area contributed by atoms with Crippen molar-refractivity contribution in [2.24, 2.45) is 5.92 Å². The number of benzene rings is 1. The lowest BCUT2D eigenvalue weighted by Crippen LogP contribution is -2.32. The standard InChI is InChI=1S/C17H21F2N3O4S/c1-21(2)27(23,24)10-11-8-26-9-14(11)22-7-6-20-17(22)12-4-5-13(18)16(25-3)15(12)19/h4-7,11,14H,8-10H2,1-3H3/t11-,14-/m1/s1. The summed E-state index contributed by atoms with van der Waals surface area (Å²) in [6.45, 7) is 0.543. The van der Waals surface area contributed by atoms with Crippen LogP contribution >= 0.6 is 0 Å². The molecule has 0 radical (unpaired) electrons. The Morgan fingerprint density at radius 2 is 2.07 bits per heavy atom. The summed E-state index contributed by atoms with van der Waals surface area (Å²) in [6, 6.07) is 2.05. The van der Waals surface area contributed by atoms with E-state index in [1.54, 1.807) is 10.8 Å². The number of imidazole rings is 1. The van der Waals surface area contributed by atoms with Gasteiger partial charge < -0.3 is 14.0 Å². The van der Waals surface area contributed by atoms with Crippen LogP contribution in [0.4, 0.5) is 8.78 Å². The zero-order chi connectivity index (χ0) is 19.8. The molecule has 1 aliphatic heterocycles. The van der Waals surface area contributed by atoms with Crippen LogP contribution in [0.2, 0.25) is 0 Å². The van der Waals surface area contributed by atoms with Crippen molar-refractivity contribution in [3.05, 3.63) is 36.2 Å². The molecular formula is C17H21F2N3O4S. The number of aromatic nitrogens is 2. The molecule has 0 N–H and O–H groups in total. The van der Waals surface area contributed by atoms with E-state index in [4.69, 9.17) is 9.47 Å². The molecule has 2 atom stereocenters. The van der Waals surface area contributed by atoms with Gasteiger partial charge in [0.05, 0.1) is 37.7 Å². The lowest BCUT2D eigenvalue weighted by atomic mass is 10.1. The Hall–Kier alpha value is -2.04. The Balaban J connectivity index is 1.98. The Bertz CT molecular complexity index is 930. The fourth-order valence-corrected chi connectivity index (χ4v) is 4.31. The molecule has 0 spiro atoms. The van der Waals surface area contributed by atoms with Gasteiger partial charge in [0.2, 0.25) is 10.0 Å². The molecule has 1 aromatic carbocycles. The van der Waals surface area contributed by atoms with Crippen molar-refractivity contribution < 1.29 is 26.7 Å². The summed E-state index contributed by atoms with van der Waals surface area (Å²) in [5, 5.41) is 0. The monoisotopic (exact) mass is 401 g/mol. The minimum atomic E-state index is -3.43. The van der Waals surface area contributed by atoms with E-state index in [0.29, 0.717) is 0 Å². The minimum absolute atomic E-state index is 0.0689. The normalized spacial score (nSPS) is 20.4. The Morgan fingerprint density at radius 1 is 1.33 bits per heavy atom. The highest BCUT2D eigenvalue weighted by molar-refractivity contribution is 7.89. The van der Waals surface area contributed by atoms with Crippen LogP contribution in [0.15, 0.2) is 24.5 Å². The van der Waals surface area contributed by atoms with E-state index in [1.807, 2.05) is 0 Å². The first-order valence-electron chi connectivity index (χ1n) is 8.29. The van der Waals surface area contributed by atoms with Crippen molar-refractivity contribution in [1.29, 1.82) is 0 Å².